The van der Waals surface area contributed by atoms with Crippen molar-refractivity contribution in [2.75, 3.05) is 0 Å². The Morgan fingerprint density at radius 2 is 2.00 bits per heavy atom. The molecule has 0 spiro atoms. The van der Waals surface area contributed by atoms with Crippen molar-refractivity contribution in [1.82, 2.24) is 9.55 Å². The summed E-state index contributed by atoms with van der Waals surface area (Å²) in [6, 6.07) is 12.1. The van der Waals surface area contributed by atoms with Crippen molar-refractivity contribution in [2.24, 2.45) is 7.05 Å². The first-order valence-corrected chi connectivity index (χ1v) is 6.76. The van der Waals surface area contributed by atoms with E-state index >= 15 is 0 Å². The van der Waals surface area contributed by atoms with Crippen LogP contribution >= 0.6 is 0 Å². The van der Waals surface area contributed by atoms with E-state index in [0.717, 1.165) is 16.9 Å². The van der Waals surface area contributed by atoms with Crippen LogP contribution in [0.15, 0.2) is 42.5 Å². The Bertz CT molecular complexity index is 836. The number of rotatable bonds is 3. The maximum atomic E-state index is 13.5. The summed E-state index contributed by atoms with van der Waals surface area (Å²) in [4.78, 5) is 16.2. The first-order valence-electron chi connectivity index (χ1n) is 6.76. The van der Waals surface area contributed by atoms with Gasteiger partial charge in [-0.2, -0.15) is 0 Å². The van der Waals surface area contributed by atoms with Crippen molar-refractivity contribution >= 4 is 16.8 Å². The maximum Gasteiger partial charge on any atom is 0.160 e. The minimum absolute atomic E-state index is 0.0660. The normalized spacial score (nSPS) is 11.0. The van der Waals surface area contributed by atoms with Crippen LogP contribution in [0, 0.1) is 5.82 Å². The Hall–Kier alpha value is -2.49. The van der Waals surface area contributed by atoms with Gasteiger partial charge in [0.25, 0.3) is 0 Å². The number of aryl methyl sites for hydroxylation is 1. The van der Waals surface area contributed by atoms with E-state index in [9.17, 15) is 9.18 Å². The molecule has 4 heteroatoms. The fourth-order valence-corrected chi connectivity index (χ4v) is 2.58. The number of imidazole rings is 1. The summed E-state index contributed by atoms with van der Waals surface area (Å²) in [6.45, 7) is 1.49. The molecule has 3 rings (SSSR count). The zero-order valence-electron chi connectivity index (χ0n) is 11.9. The maximum absolute atomic E-state index is 13.5. The highest BCUT2D eigenvalue weighted by atomic mass is 19.1. The number of carbonyl (C=O) groups is 1. The third-order valence-corrected chi connectivity index (χ3v) is 3.67. The van der Waals surface area contributed by atoms with Gasteiger partial charge in [-0.05, 0) is 42.8 Å². The zero-order valence-corrected chi connectivity index (χ0v) is 11.9. The molecule has 0 aliphatic heterocycles. The first kappa shape index (κ1) is 13.5. The van der Waals surface area contributed by atoms with Crippen LogP contribution in [-0.2, 0) is 13.5 Å². The molecular formula is C17H15FN2O. The highest BCUT2D eigenvalue weighted by Crippen LogP contribution is 2.20. The van der Waals surface area contributed by atoms with E-state index in [1.807, 2.05) is 35.9 Å². The summed E-state index contributed by atoms with van der Waals surface area (Å²) in [5.74, 6) is 0.404. The molecule has 0 bridgehead atoms. The lowest BCUT2D eigenvalue weighted by Crippen LogP contribution is -2.05. The number of ketones is 1. The molecule has 0 N–H and O–H groups in total. The third kappa shape index (κ3) is 2.44. The van der Waals surface area contributed by atoms with Gasteiger partial charge in [0.05, 0.1) is 11.0 Å². The van der Waals surface area contributed by atoms with Crippen LogP contribution in [0.3, 0.4) is 0 Å². The molecule has 1 aromatic heterocycles. The van der Waals surface area contributed by atoms with Crippen LogP contribution in [0.5, 0.6) is 0 Å². The number of aromatic nitrogens is 2. The zero-order chi connectivity index (χ0) is 15.0. The lowest BCUT2D eigenvalue weighted by molar-refractivity contribution is 0.101. The number of carbonyl (C=O) groups excluding carboxylic acids is 1. The fourth-order valence-electron chi connectivity index (χ4n) is 2.58. The van der Waals surface area contributed by atoms with E-state index in [1.54, 1.807) is 0 Å². The van der Waals surface area contributed by atoms with Crippen molar-refractivity contribution in [1.29, 1.82) is 0 Å². The summed E-state index contributed by atoms with van der Waals surface area (Å²) < 4.78 is 15.5. The Morgan fingerprint density at radius 3 is 2.71 bits per heavy atom. The van der Waals surface area contributed by atoms with E-state index in [-0.39, 0.29) is 11.6 Å². The largest absolute Gasteiger partial charge is 0.331 e. The monoisotopic (exact) mass is 282 g/mol. The SMILES string of the molecule is CC(=O)c1ccc(F)cc1Cc1nc2ccccc2n1C. The van der Waals surface area contributed by atoms with E-state index in [1.165, 1.54) is 25.1 Å². The second-order valence-electron chi connectivity index (χ2n) is 5.11. The number of halogens is 1. The van der Waals surface area contributed by atoms with Crippen LogP contribution in [0.4, 0.5) is 4.39 Å². The van der Waals surface area contributed by atoms with Gasteiger partial charge in [0.15, 0.2) is 5.78 Å². The Morgan fingerprint density at radius 1 is 1.24 bits per heavy atom. The quantitative estimate of drug-likeness (QED) is 0.689. The van der Waals surface area contributed by atoms with Crippen LogP contribution in [0.25, 0.3) is 11.0 Å². The number of Topliss-reactive ketones (excluding diaryl/α,β-unsaturated/α-hetero) is 1. The molecule has 0 amide bonds. The van der Waals surface area contributed by atoms with Crippen molar-refractivity contribution in [3.8, 4) is 0 Å². The van der Waals surface area contributed by atoms with Gasteiger partial charge in [-0.15, -0.1) is 0 Å². The molecule has 1 heterocycles. The standard InChI is InChI=1S/C17H15FN2O/c1-11(21)14-8-7-13(18)9-12(14)10-17-19-15-5-3-4-6-16(15)20(17)2/h3-9H,10H2,1-2H3. The summed E-state index contributed by atoms with van der Waals surface area (Å²) >= 11 is 0. The van der Waals surface area contributed by atoms with Crippen molar-refractivity contribution < 1.29 is 9.18 Å². The third-order valence-electron chi connectivity index (χ3n) is 3.67. The second-order valence-corrected chi connectivity index (χ2v) is 5.11. The van der Waals surface area contributed by atoms with Crippen molar-refractivity contribution in [2.45, 2.75) is 13.3 Å². The summed E-state index contributed by atoms with van der Waals surface area (Å²) in [7, 11) is 1.93. The van der Waals surface area contributed by atoms with Gasteiger partial charge in [0, 0.05) is 19.0 Å². The van der Waals surface area contributed by atoms with Crippen LogP contribution < -0.4 is 0 Å². The molecule has 0 fully saturated rings. The van der Waals surface area contributed by atoms with Gasteiger partial charge in [-0.1, -0.05) is 12.1 Å². The van der Waals surface area contributed by atoms with Gasteiger partial charge in [0.2, 0.25) is 0 Å². The minimum atomic E-state index is -0.339. The van der Waals surface area contributed by atoms with E-state index in [4.69, 9.17) is 0 Å². The van der Waals surface area contributed by atoms with Crippen molar-refractivity contribution in [3.05, 3.63) is 65.2 Å². The summed E-state index contributed by atoms with van der Waals surface area (Å²) in [5, 5.41) is 0. The van der Waals surface area contributed by atoms with Gasteiger partial charge >= 0.3 is 0 Å². The lowest BCUT2D eigenvalue weighted by atomic mass is 10.0. The summed E-state index contributed by atoms with van der Waals surface area (Å²) in [6.07, 6.45) is 0.428. The molecule has 3 aromatic rings. The predicted octanol–water partition coefficient (Wildman–Crippen LogP) is 3.51. The molecule has 0 unspecified atom stereocenters. The van der Waals surface area contributed by atoms with E-state index in [0.29, 0.717) is 17.5 Å². The summed E-state index contributed by atoms with van der Waals surface area (Å²) in [5.41, 5.74) is 3.13. The molecule has 0 saturated heterocycles. The van der Waals surface area contributed by atoms with E-state index in [2.05, 4.69) is 4.98 Å². The van der Waals surface area contributed by atoms with Gasteiger partial charge in [0.1, 0.15) is 11.6 Å². The molecule has 0 aliphatic rings. The molecule has 0 saturated carbocycles. The lowest BCUT2D eigenvalue weighted by Gasteiger charge is -2.07. The number of hydrogen-bond acceptors (Lipinski definition) is 2. The first-order chi connectivity index (χ1) is 10.1. The smallest absolute Gasteiger partial charge is 0.160 e. The Balaban J connectivity index is 2.08. The molecule has 0 atom stereocenters. The van der Waals surface area contributed by atoms with Crippen LogP contribution in [0.1, 0.15) is 28.7 Å². The molecule has 106 valence electrons. The predicted molar refractivity (Wildman–Crippen MR) is 79.9 cm³/mol. The highest BCUT2D eigenvalue weighted by Gasteiger charge is 2.13. The van der Waals surface area contributed by atoms with Gasteiger partial charge < -0.3 is 4.57 Å². The average Bonchev–Trinajstić information content (AvgIpc) is 2.76. The molecular weight excluding hydrogens is 267 g/mol. The second kappa shape index (κ2) is 5.13. The number of benzene rings is 2. The molecule has 2 aromatic carbocycles. The van der Waals surface area contributed by atoms with Gasteiger partial charge in [-0.3, -0.25) is 4.79 Å². The molecule has 3 nitrogen and oxygen atoms in total. The van der Waals surface area contributed by atoms with Crippen LogP contribution in [-0.4, -0.2) is 15.3 Å². The number of hydrogen-bond donors (Lipinski definition) is 0. The number of para-hydroxylation sites is 2. The number of nitrogens with zero attached hydrogens (tertiary/aromatic N) is 2. The fraction of sp³-hybridized carbons (Fsp3) is 0.176. The molecule has 0 radical (unpaired) electrons. The topological polar surface area (TPSA) is 34.9 Å². The number of fused-ring (bicyclic) bond motifs is 1. The highest BCUT2D eigenvalue weighted by molar-refractivity contribution is 5.95. The Kier molecular flexibility index (Phi) is 3.29. The van der Waals surface area contributed by atoms with E-state index < -0.39 is 0 Å². The molecule has 0 aliphatic carbocycles. The Labute approximate surface area is 122 Å². The molecule has 21 heavy (non-hydrogen) atoms. The van der Waals surface area contributed by atoms with Crippen molar-refractivity contribution in [3.63, 3.8) is 0 Å². The van der Waals surface area contributed by atoms with Gasteiger partial charge in [-0.25, -0.2) is 9.37 Å². The van der Waals surface area contributed by atoms with Crippen LogP contribution in [0.2, 0.25) is 0 Å². The minimum Gasteiger partial charge on any atom is -0.331 e. The average molecular weight is 282 g/mol.